The Morgan fingerprint density at radius 1 is 1.19 bits per heavy atom. The van der Waals surface area contributed by atoms with Gasteiger partial charge in [-0.3, -0.25) is 4.57 Å². The van der Waals surface area contributed by atoms with Crippen molar-refractivity contribution in [3.8, 4) is 5.69 Å². The van der Waals surface area contributed by atoms with Gasteiger partial charge in [-0.25, -0.2) is 4.98 Å². The molecule has 3 aromatic rings. The molecule has 1 aromatic heterocycles. The van der Waals surface area contributed by atoms with Gasteiger partial charge < -0.3 is 5.73 Å². The summed E-state index contributed by atoms with van der Waals surface area (Å²) < 4.78 is 3.31. The molecule has 106 valence electrons. The van der Waals surface area contributed by atoms with Crippen LogP contribution in [0.15, 0.2) is 36.4 Å². The van der Waals surface area contributed by atoms with Crippen LogP contribution in [0.2, 0.25) is 5.02 Å². The molecule has 0 saturated heterocycles. The molecule has 2 aromatic carbocycles. The van der Waals surface area contributed by atoms with Gasteiger partial charge in [0.15, 0.2) is 0 Å². The van der Waals surface area contributed by atoms with Crippen LogP contribution >= 0.6 is 34.2 Å². The molecule has 0 amide bonds. The van der Waals surface area contributed by atoms with Gasteiger partial charge in [0.1, 0.15) is 5.82 Å². The Morgan fingerprint density at radius 2 is 2.00 bits per heavy atom. The lowest BCUT2D eigenvalue weighted by atomic mass is 10.2. The van der Waals surface area contributed by atoms with E-state index in [2.05, 4.69) is 39.3 Å². The summed E-state index contributed by atoms with van der Waals surface area (Å²) in [6.07, 6.45) is 2.39. The summed E-state index contributed by atoms with van der Waals surface area (Å²) in [7, 11) is 0. The van der Waals surface area contributed by atoms with Crippen LogP contribution in [0.4, 0.5) is 5.69 Å². The minimum Gasteiger partial charge on any atom is -0.399 e. The Labute approximate surface area is 141 Å². The van der Waals surface area contributed by atoms with Crippen LogP contribution in [0.5, 0.6) is 0 Å². The van der Waals surface area contributed by atoms with E-state index in [1.807, 2.05) is 24.3 Å². The third-order valence-corrected chi connectivity index (χ3v) is 4.77. The van der Waals surface area contributed by atoms with Gasteiger partial charge in [-0.05, 0) is 71.8 Å². The van der Waals surface area contributed by atoms with Gasteiger partial charge in [-0.2, -0.15) is 0 Å². The van der Waals surface area contributed by atoms with Crippen LogP contribution in [0.1, 0.15) is 24.6 Å². The van der Waals surface area contributed by atoms with E-state index < -0.39 is 0 Å². The summed E-state index contributed by atoms with van der Waals surface area (Å²) in [5.41, 5.74) is 9.62. The molecule has 1 saturated carbocycles. The minimum absolute atomic E-state index is 0.536. The van der Waals surface area contributed by atoms with Crippen LogP contribution < -0.4 is 5.73 Å². The Balaban J connectivity index is 2.03. The molecule has 2 N–H and O–H groups in total. The fourth-order valence-electron chi connectivity index (χ4n) is 2.65. The standard InChI is InChI=1S/C16H13ClIN3/c17-12-7-10(18)3-5-14(12)21-15-6-4-11(19)8-13(15)20-16(21)9-1-2-9/h3-9H,1-2,19H2. The smallest absolute Gasteiger partial charge is 0.117 e. The molecule has 0 aliphatic heterocycles. The predicted octanol–water partition coefficient (Wildman–Crippen LogP) is 4.74. The molecule has 0 unspecified atom stereocenters. The SMILES string of the molecule is Nc1ccc2c(c1)nc(C1CC1)n2-c1ccc(I)cc1Cl. The second kappa shape index (κ2) is 4.88. The summed E-state index contributed by atoms with van der Waals surface area (Å²) >= 11 is 8.74. The van der Waals surface area contributed by atoms with Gasteiger partial charge in [0.05, 0.1) is 21.7 Å². The van der Waals surface area contributed by atoms with E-state index in [0.29, 0.717) is 5.92 Å². The quantitative estimate of drug-likeness (QED) is 0.491. The van der Waals surface area contributed by atoms with E-state index in [-0.39, 0.29) is 0 Å². The van der Waals surface area contributed by atoms with E-state index in [1.54, 1.807) is 0 Å². The normalized spacial score (nSPS) is 14.8. The molecule has 5 heteroatoms. The molecule has 1 heterocycles. The second-order valence-electron chi connectivity index (χ2n) is 5.42. The van der Waals surface area contributed by atoms with Crippen molar-refractivity contribution in [2.75, 3.05) is 5.73 Å². The molecule has 1 fully saturated rings. The highest BCUT2D eigenvalue weighted by Crippen LogP contribution is 2.42. The highest BCUT2D eigenvalue weighted by Gasteiger charge is 2.30. The Morgan fingerprint density at radius 3 is 2.71 bits per heavy atom. The number of nitrogens with zero attached hydrogens (tertiary/aromatic N) is 2. The molecule has 0 radical (unpaired) electrons. The number of nitrogen functional groups attached to an aromatic ring is 1. The van der Waals surface area contributed by atoms with Gasteiger partial charge >= 0.3 is 0 Å². The van der Waals surface area contributed by atoms with Crippen molar-refractivity contribution >= 4 is 50.9 Å². The summed E-state index contributed by atoms with van der Waals surface area (Å²) in [4.78, 5) is 4.80. The third-order valence-electron chi connectivity index (χ3n) is 3.80. The predicted molar refractivity (Wildman–Crippen MR) is 95.2 cm³/mol. The Kier molecular flexibility index (Phi) is 3.11. The highest BCUT2D eigenvalue weighted by molar-refractivity contribution is 14.1. The van der Waals surface area contributed by atoms with Gasteiger partial charge in [0.2, 0.25) is 0 Å². The third kappa shape index (κ3) is 2.30. The first-order valence-corrected chi connectivity index (χ1v) is 8.32. The summed E-state index contributed by atoms with van der Waals surface area (Å²) in [6, 6.07) is 12.0. The number of fused-ring (bicyclic) bond motifs is 1. The maximum Gasteiger partial charge on any atom is 0.117 e. The molecule has 4 rings (SSSR count). The van der Waals surface area contributed by atoms with Crippen molar-refractivity contribution in [3.05, 3.63) is 50.8 Å². The number of imidazole rings is 1. The van der Waals surface area contributed by atoms with Crippen LogP contribution in [-0.4, -0.2) is 9.55 Å². The van der Waals surface area contributed by atoms with E-state index in [1.165, 1.54) is 12.8 Å². The molecular weight excluding hydrogens is 397 g/mol. The Bertz CT molecular complexity index is 852. The molecular formula is C16H13ClIN3. The lowest BCUT2D eigenvalue weighted by molar-refractivity contribution is 0.896. The van der Waals surface area contributed by atoms with Crippen molar-refractivity contribution in [3.63, 3.8) is 0 Å². The van der Waals surface area contributed by atoms with Gasteiger partial charge in [-0.1, -0.05) is 11.6 Å². The molecule has 0 spiro atoms. The highest BCUT2D eigenvalue weighted by atomic mass is 127. The van der Waals surface area contributed by atoms with Crippen LogP contribution in [-0.2, 0) is 0 Å². The van der Waals surface area contributed by atoms with E-state index in [0.717, 1.165) is 36.8 Å². The minimum atomic E-state index is 0.536. The first kappa shape index (κ1) is 13.4. The van der Waals surface area contributed by atoms with Gasteiger partial charge in [0, 0.05) is 15.2 Å². The monoisotopic (exact) mass is 409 g/mol. The molecule has 1 aliphatic carbocycles. The van der Waals surface area contributed by atoms with Gasteiger partial charge in [-0.15, -0.1) is 0 Å². The zero-order chi connectivity index (χ0) is 14.6. The second-order valence-corrected chi connectivity index (χ2v) is 7.08. The van der Waals surface area contributed by atoms with Crippen LogP contribution in [0.25, 0.3) is 16.7 Å². The van der Waals surface area contributed by atoms with Crippen molar-refractivity contribution in [2.24, 2.45) is 0 Å². The molecule has 1 aliphatic rings. The van der Waals surface area contributed by atoms with Crippen molar-refractivity contribution in [1.82, 2.24) is 9.55 Å². The number of hydrogen-bond donors (Lipinski definition) is 1. The topological polar surface area (TPSA) is 43.8 Å². The summed E-state index contributed by atoms with van der Waals surface area (Å²) in [6.45, 7) is 0. The lowest BCUT2D eigenvalue weighted by Gasteiger charge is -2.11. The number of halogens is 2. The van der Waals surface area contributed by atoms with Crippen molar-refractivity contribution in [2.45, 2.75) is 18.8 Å². The largest absolute Gasteiger partial charge is 0.399 e. The number of aromatic nitrogens is 2. The van der Waals surface area contributed by atoms with Crippen LogP contribution in [0.3, 0.4) is 0 Å². The van der Waals surface area contributed by atoms with Gasteiger partial charge in [0.25, 0.3) is 0 Å². The maximum absolute atomic E-state index is 6.47. The lowest BCUT2D eigenvalue weighted by Crippen LogP contribution is -2.01. The van der Waals surface area contributed by atoms with Crippen molar-refractivity contribution in [1.29, 1.82) is 0 Å². The summed E-state index contributed by atoms with van der Waals surface area (Å²) in [5.74, 6) is 1.63. The fourth-order valence-corrected chi connectivity index (χ4v) is 3.59. The number of nitrogens with two attached hydrogens (primary N) is 1. The Hall–Kier alpha value is -1.27. The average Bonchev–Trinajstić information content (AvgIpc) is 3.21. The molecule has 3 nitrogen and oxygen atoms in total. The zero-order valence-electron chi connectivity index (χ0n) is 11.2. The fraction of sp³-hybridized carbons (Fsp3) is 0.188. The molecule has 0 bridgehead atoms. The van der Waals surface area contributed by atoms with E-state index in [4.69, 9.17) is 22.3 Å². The molecule has 21 heavy (non-hydrogen) atoms. The van der Waals surface area contributed by atoms with Crippen LogP contribution in [0, 0.1) is 3.57 Å². The van der Waals surface area contributed by atoms with E-state index >= 15 is 0 Å². The first-order valence-electron chi connectivity index (χ1n) is 6.87. The molecule has 0 atom stereocenters. The number of rotatable bonds is 2. The average molecular weight is 410 g/mol. The first-order chi connectivity index (χ1) is 10.1. The zero-order valence-corrected chi connectivity index (χ0v) is 14.1. The number of anilines is 1. The van der Waals surface area contributed by atoms with Crippen molar-refractivity contribution < 1.29 is 0 Å². The number of benzene rings is 2. The maximum atomic E-state index is 6.47. The van der Waals surface area contributed by atoms with E-state index in [9.17, 15) is 0 Å². The number of hydrogen-bond acceptors (Lipinski definition) is 2. The summed E-state index contributed by atoms with van der Waals surface area (Å²) in [5, 5.41) is 0.750.